The Bertz CT molecular complexity index is 627. The van der Waals surface area contributed by atoms with Crippen molar-refractivity contribution in [3.63, 3.8) is 0 Å². The highest BCUT2D eigenvalue weighted by atomic mass is 31.0. The van der Waals surface area contributed by atoms with Crippen molar-refractivity contribution in [2.45, 2.75) is 31.1 Å². The molecule has 0 aromatic heterocycles. The standard InChI is InChI=1S/C18H23P3/c19-9-12-5-13(10-20)7-17(6-12)14-3-4-18-15(8-14)1-2-16(18)11-21/h3-8,16H,1-2,9-11,19-21H2. The first-order chi connectivity index (χ1) is 10.2. The van der Waals surface area contributed by atoms with E-state index in [4.69, 9.17) is 0 Å². The van der Waals surface area contributed by atoms with Gasteiger partial charge in [0.2, 0.25) is 0 Å². The molecule has 0 bridgehead atoms. The first-order valence-corrected chi connectivity index (χ1v) is 10.1. The monoisotopic (exact) mass is 332 g/mol. The van der Waals surface area contributed by atoms with Crippen molar-refractivity contribution in [2.75, 3.05) is 6.16 Å². The summed E-state index contributed by atoms with van der Waals surface area (Å²) in [4.78, 5) is 0. The normalized spacial score (nSPS) is 17.0. The Hall–Kier alpha value is -0.270. The van der Waals surface area contributed by atoms with E-state index in [1.54, 1.807) is 11.1 Å². The van der Waals surface area contributed by atoms with Crippen LogP contribution in [0.4, 0.5) is 0 Å². The summed E-state index contributed by atoms with van der Waals surface area (Å²) in [7, 11) is 8.57. The lowest BCUT2D eigenvalue weighted by Gasteiger charge is -2.11. The molecule has 2 aromatic rings. The molecule has 0 aliphatic heterocycles. The quantitative estimate of drug-likeness (QED) is 0.691. The van der Waals surface area contributed by atoms with E-state index < -0.39 is 0 Å². The number of aryl methyl sites for hydroxylation is 1. The summed E-state index contributed by atoms with van der Waals surface area (Å²) in [5.41, 5.74) is 8.67. The summed E-state index contributed by atoms with van der Waals surface area (Å²) in [6.45, 7) is 0. The van der Waals surface area contributed by atoms with Crippen LogP contribution in [-0.4, -0.2) is 6.16 Å². The SMILES string of the molecule is PCc1cc(CP)cc(-c2ccc3c(c2)CCC3CP)c1. The van der Waals surface area contributed by atoms with Gasteiger partial charge in [-0.15, -0.1) is 27.7 Å². The van der Waals surface area contributed by atoms with E-state index in [1.165, 1.54) is 41.3 Å². The molecule has 0 saturated carbocycles. The molecule has 4 unspecified atom stereocenters. The highest BCUT2D eigenvalue weighted by molar-refractivity contribution is 7.16. The van der Waals surface area contributed by atoms with Crippen molar-refractivity contribution >= 4 is 27.7 Å². The molecule has 3 rings (SSSR count). The van der Waals surface area contributed by atoms with Crippen molar-refractivity contribution in [1.29, 1.82) is 0 Å². The maximum absolute atomic E-state index is 2.90. The highest BCUT2D eigenvalue weighted by Crippen LogP contribution is 2.37. The van der Waals surface area contributed by atoms with Crippen molar-refractivity contribution in [3.05, 3.63) is 58.7 Å². The Morgan fingerprint density at radius 1 is 0.857 bits per heavy atom. The van der Waals surface area contributed by atoms with Crippen molar-refractivity contribution < 1.29 is 0 Å². The first kappa shape index (κ1) is 15.6. The van der Waals surface area contributed by atoms with Gasteiger partial charge in [0.05, 0.1) is 0 Å². The number of hydrogen-bond donors (Lipinski definition) is 0. The van der Waals surface area contributed by atoms with Crippen LogP contribution < -0.4 is 0 Å². The highest BCUT2D eigenvalue weighted by Gasteiger charge is 2.21. The lowest BCUT2D eigenvalue weighted by molar-refractivity contribution is 0.757. The third-order valence-electron chi connectivity index (χ3n) is 4.49. The topological polar surface area (TPSA) is 0 Å². The van der Waals surface area contributed by atoms with Crippen LogP contribution in [0.15, 0.2) is 36.4 Å². The minimum absolute atomic E-state index is 0.750. The average Bonchev–Trinajstić information content (AvgIpc) is 2.96. The number of fused-ring (bicyclic) bond motifs is 1. The fourth-order valence-electron chi connectivity index (χ4n) is 3.30. The molecule has 0 fully saturated rings. The Morgan fingerprint density at radius 3 is 2.19 bits per heavy atom. The largest absolute Gasteiger partial charge is 0.137 e. The van der Waals surface area contributed by atoms with E-state index in [1.807, 2.05) is 0 Å². The molecule has 3 heteroatoms. The van der Waals surface area contributed by atoms with Crippen molar-refractivity contribution in [1.82, 2.24) is 0 Å². The van der Waals surface area contributed by atoms with Gasteiger partial charge in [0, 0.05) is 0 Å². The van der Waals surface area contributed by atoms with Gasteiger partial charge < -0.3 is 0 Å². The summed E-state index contributed by atoms with van der Waals surface area (Å²) in [5.74, 6) is 0.750. The summed E-state index contributed by atoms with van der Waals surface area (Å²) in [6, 6.07) is 14.1. The van der Waals surface area contributed by atoms with Gasteiger partial charge in [-0.2, -0.15) is 0 Å². The molecule has 0 radical (unpaired) electrons. The Balaban J connectivity index is 2.01. The van der Waals surface area contributed by atoms with Crippen LogP contribution in [0.2, 0.25) is 0 Å². The van der Waals surface area contributed by atoms with Crippen LogP contribution in [-0.2, 0) is 18.7 Å². The molecule has 0 saturated heterocycles. The number of hydrogen-bond acceptors (Lipinski definition) is 0. The summed E-state index contributed by atoms with van der Waals surface area (Å²) >= 11 is 0. The molecule has 0 spiro atoms. The molecule has 0 N–H and O–H groups in total. The van der Waals surface area contributed by atoms with Gasteiger partial charge in [0.25, 0.3) is 0 Å². The van der Waals surface area contributed by atoms with Crippen LogP contribution in [0.3, 0.4) is 0 Å². The fraction of sp³-hybridized carbons (Fsp3) is 0.333. The zero-order valence-corrected chi connectivity index (χ0v) is 15.8. The van der Waals surface area contributed by atoms with Gasteiger partial charge in [-0.3, -0.25) is 0 Å². The Kier molecular flexibility index (Phi) is 5.11. The van der Waals surface area contributed by atoms with E-state index in [2.05, 4.69) is 64.1 Å². The van der Waals surface area contributed by atoms with Gasteiger partial charge in [0.15, 0.2) is 0 Å². The average molecular weight is 332 g/mol. The van der Waals surface area contributed by atoms with Crippen LogP contribution in [0.1, 0.15) is 34.6 Å². The fourth-order valence-corrected chi connectivity index (χ4v) is 4.26. The van der Waals surface area contributed by atoms with Crippen LogP contribution in [0, 0.1) is 0 Å². The second kappa shape index (κ2) is 6.87. The second-order valence-corrected chi connectivity index (χ2v) is 7.12. The van der Waals surface area contributed by atoms with Crippen LogP contribution >= 0.6 is 27.7 Å². The van der Waals surface area contributed by atoms with Gasteiger partial charge in [-0.25, -0.2) is 0 Å². The third-order valence-corrected chi connectivity index (χ3v) is 6.00. The summed E-state index contributed by atoms with van der Waals surface area (Å²) in [5, 5.41) is 0. The molecule has 2 aromatic carbocycles. The maximum Gasteiger partial charge on any atom is -0.0121 e. The minimum Gasteiger partial charge on any atom is -0.137 e. The van der Waals surface area contributed by atoms with Crippen LogP contribution in [0.25, 0.3) is 11.1 Å². The van der Waals surface area contributed by atoms with Crippen molar-refractivity contribution in [2.24, 2.45) is 0 Å². The predicted molar refractivity (Wildman–Crippen MR) is 104 cm³/mol. The molecular formula is C18H23P3. The van der Waals surface area contributed by atoms with Gasteiger partial charge in [-0.05, 0) is 70.6 Å². The minimum atomic E-state index is 0.750. The molecule has 4 atom stereocenters. The molecule has 0 nitrogen and oxygen atoms in total. The summed E-state index contributed by atoms with van der Waals surface area (Å²) in [6.07, 6.45) is 5.77. The van der Waals surface area contributed by atoms with E-state index in [0.29, 0.717) is 0 Å². The van der Waals surface area contributed by atoms with E-state index in [-0.39, 0.29) is 0 Å². The molecule has 0 heterocycles. The smallest absolute Gasteiger partial charge is 0.0121 e. The van der Waals surface area contributed by atoms with Gasteiger partial charge in [-0.1, -0.05) is 36.4 Å². The second-order valence-electron chi connectivity index (χ2n) is 5.83. The molecule has 21 heavy (non-hydrogen) atoms. The first-order valence-electron chi connectivity index (χ1n) is 7.61. The molecule has 0 amide bonds. The predicted octanol–water partition coefficient (Wildman–Crippen LogP) is 5.01. The lowest BCUT2D eigenvalue weighted by atomic mass is 9.96. The number of benzene rings is 2. The van der Waals surface area contributed by atoms with Crippen molar-refractivity contribution in [3.8, 4) is 11.1 Å². The zero-order chi connectivity index (χ0) is 14.8. The molecular weight excluding hydrogens is 309 g/mol. The van der Waals surface area contributed by atoms with Crippen LogP contribution in [0.5, 0.6) is 0 Å². The summed E-state index contributed by atoms with van der Waals surface area (Å²) < 4.78 is 0. The van der Waals surface area contributed by atoms with Gasteiger partial charge in [0.1, 0.15) is 0 Å². The zero-order valence-electron chi connectivity index (χ0n) is 12.3. The van der Waals surface area contributed by atoms with E-state index in [0.717, 1.165) is 18.2 Å². The lowest BCUT2D eigenvalue weighted by Crippen LogP contribution is -1.94. The van der Waals surface area contributed by atoms with Gasteiger partial charge >= 0.3 is 0 Å². The van der Waals surface area contributed by atoms with E-state index >= 15 is 0 Å². The molecule has 1 aliphatic rings. The third kappa shape index (κ3) is 3.24. The Morgan fingerprint density at radius 2 is 1.57 bits per heavy atom. The molecule has 1 aliphatic carbocycles. The Labute approximate surface area is 135 Å². The number of rotatable bonds is 4. The maximum atomic E-state index is 2.90. The van der Waals surface area contributed by atoms with E-state index in [9.17, 15) is 0 Å². The molecule has 110 valence electrons.